The molecule has 1 aromatic carbocycles. The van der Waals surface area contributed by atoms with Crippen LogP contribution < -0.4 is 4.74 Å². The van der Waals surface area contributed by atoms with Crippen molar-refractivity contribution >= 4 is 0 Å². The van der Waals surface area contributed by atoms with E-state index in [1.54, 1.807) is 18.3 Å². The zero-order valence-corrected chi connectivity index (χ0v) is 14.9. The zero-order valence-electron chi connectivity index (χ0n) is 14.9. The first-order valence-corrected chi connectivity index (χ1v) is 8.91. The van der Waals surface area contributed by atoms with Crippen LogP contribution in [0, 0.1) is 5.82 Å². The molecular weight excluding hydrogens is 321 g/mol. The predicted molar refractivity (Wildman–Crippen MR) is 95.1 cm³/mol. The standard InChI is InChI=1S/C19H26FN3O2/c1-3-9-25-16-5-4-8-23(13-16)12-14-11-21-22-19(14)17-7-6-15(24-2)10-18(17)20/h6-7,10-11,16H,3-5,8-9,12-13H2,1-2H3,(H,21,22). The highest BCUT2D eigenvalue weighted by molar-refractivity contribution is 5.64. The fourth-order valence-electron chi connectivity index (χ4n) is 3.31. The van der Waals surface area contributed by atoms with Gasteiger partial charge < -0.3 is 9.47 Å². The van der Waals surface area contributed by atoms with Gasteiger partial charge in [0.05, 0.1) is 25.1 Å². The first-order chi connectivity index (χ1) is 12.2. The Labute approximate surface area is 148 Å². The number of hydrogen-bond donors (Lipinski definition) is 1. The summed E-state index contributed by atoms with van der Waals surface area (Å²) in [5.41, 5.74) is 2.25. The quantitative estimate of drug-likeness (QED) is 0.831. The smallest absolute Gasteiger partial charge is 0.136 e. The van der Waals surface area contributed by atoms with Crippen LogP contribution in [0.15, 0.2) is 24.4 Å². The summed E-state index contributed by atoms with van der Waals surface area (Å²) in [6.07, 6.45) is 5.36. The van der Waals surface area contributed by atoms with Gasteiger partial charge >= 0.3 is 0 Å². The van der Waals surface area contributed by atoms with E-state index in [0.717, 1.165) is 56.8 Å². The Hall–Kier alpha value is -1.92. The topological polar surface area (TPSA) is 50.4 Å². The van der Waals surface area contributed by atoms with Crippen LogP contribution in [0.25, 0.3) is 11.3 Å². The molecule has 1 saturated heterocycles. The van der Waals surface area contributed by atoms with E-state index in [9.17, 15) is 4.39 Å². The molecule has 3 rings (SSSR count). The van der Waals surface area contributed by atoms with Crippen LogP contribution in [-0.2, 0) is 11.3 Å². The molecule has 0 spiro atoms. The van der Waals surface area contributed by atoms with Crippen LogP contribution >= 0.6 is 0 Å². The molecule has 1 N–H and O–H groups in total. The Bertz CT molecular complexity index is 689. The normalized spacial score (nSPS) is 18.4. The van der Waals surface area contributed by atoms with Crippen molar-refractivity contribution in [3.8, 4) is 17.0 Å². The minimum Gasteiger partial charge on any atom is -0.497 e. The first kappa shape index (κ1) is 17.9. The number of aromatic nitrogens is 2. The van der Waals surface area contributed by atoms with Crippen molar-refractivity contribution in [2.75, 3.05) is 26.8 Å². The van der Waals surface area contributed by atoms with E-state index < -0.39 is 0 Å². The maximum atomic E-state index is 14.4. The van der Waals surface area contributed by atoms with Crippen molar-refractivity contribution in [3.63, 3.8) is 0 Å². The lowest BCUT2D eigenvalue weighted by Gasteiger charge is -2.32. The third-order valence-electron chi connectivity index (χ3n) is 4.58. The van der Waals surface area contributed by atoms with Gasteiger partial charge in [-0.25, -0.2) is 4.39 Å². The number of benzene rings is 1. The molecule has 136 valence electrons. The molecule has 0 aliphatic carbocycles. The average molecular weight is 347 g/mol. The first-order valence-electron chi connectivity index (χ1n) is 8.91. The maximum Gasteiger partial charge on any atom is 0.136 e. The molecule has 1 fully saturated rings. The molecule has 5 nitrogen and oxygen atoms in total. The van der Waals surface area contributed by atoms with Crippen LogP contribution in [0.1, 0.15) is 31.7 Å². The largest absolute Gasteiger partial charge is 0.497 e. The van der Waals surface area contributed by atoms with Crippen molar-refractivity contribution in [2.24, 2.45) is 0 Å². The number of nitrogens with zero attached hydrogens (tertiary/aromatic N) is 2. The van der Waals surface area contributed by atoms with Crippen molar-refractivity contribution in [3.05, 3.63) is 35.8 Å². The number of H-pyrrole nitrogens is 1. The number of ether oxygens (including phenoxy) is 2. The van der Waals surface area contributed by atoms with Gasteiger partial charge in [0.25, 0.3) is 0 Å². The molecule has 0 bridgehead atoms. The molecule has 0 saturated carbocycles. The molecule has 1 atom stereocenters. The van der Waals surface area contributed by atoms with Crippen molar-refractivity contribution in [1.29, 1.82) is 0 Å². The Morgan fingerprint density at radius 1 is 1.40 bits per heavy atom. The molecule has 2 aromatic rings. The number of rotatable bonds is 7. The second kappa shape index (κ2) is 8.45. The average Bonchev–Trinajstić information content (AvgIpc) is 3.08. The van der Waals surface area contributed by atoms with Crippen LogP contribution in [0.3, 0.4) is 0 Å². The minimum absolute atomic E-state index is 0.293. The Morgan fingerprint density at radius 3 is 3.04 bits per heavy atom. The van der Waals surface area contributed by atoms with E-state index in [0.29, 0.717) is 17.4 Å². The van der Waals surface area contributed by atoms with Crippen molar-refractivity contribution in [2.45, 2.75) is 38.8 Å². The van der Waals surface area contributed by atoms with Crippen LogP contribution in [-0.4, -0.2) is 48.0 Å². The lowest BCUT2D eigenvalue weighted by atomic mass is 10.0. The minimum atomic E-state index is -0.312. The Kier molecular flexibility index (Phi) is 6.04. The van der Waals surface area contributed by atoms with E-state index in [2.05, 4.69) is 22.0 Å². The van der Waals surface area contributed by atoms with Gasteiger partial charge in [-0.3, -0.25) is 10.00 Å². The second-order valence-electron chi connectivity index (χ2n) is 6.49. The number of piperidine rings is 1. The molecule has 1 unspecified atom stereocenters. The lowest BCUT2D eigenvalue weighted by Crippen LogP contribution is -2.39. The van der Waals surface area contributed by atoms with Crippen LogP contribution in [0.4, 0.5) is 4.39 Å². The highest BCUT2D eigenvalue weighted by atomic mass is 19.1. The summed E-state index contributed by atoms with van der Waals surface area (Å²) in [5.74, 6) is 0.196. The van der Waals surface area contributed by atoms with Gasteiger partial charge in [0.1, 0.15) is 11.6 Å². The fourth-order valence-corrected chi connectivity index (χ4v) is 3.31. The molecule has 0 radical (unpaired) electrons. The zero-order chi connectivity index (χ0) is 17.6. The molecule has 1 aliphatic heterocycles. The van der Waals surface area contributed by atoms with Gasteiger partial charge in [-0.1, -0.05) is 6.92 Å². The molecular formula is C19H26FN3O2. The number of aromatic amines is 1. The van der Waals surface area contributed by atoms with Crippen LogP contribution in [0.2, 0.25) is 0 Å². The second-order valence-corrected chi connectivity index (χ2v) is 6.49. The summed E-state index contributed by atoms with van der Waals surface area (Å²) >= 11 is 0. The van der Waals surface area contributed by atoms with E-state index in [-0.39, 0.29) is 5.82 Å². The number of likely N-dealkylation sites (tertiary alicyclic amines) is 1. The predicted octanol–water partition coefficient (Wildman–Crippen LogP) is 3.62. The third kappa shape index (κ3) is 4.38. The van der Waals surface area contributed by atoms with E-state index in [1.807, 2.05) is 0 Å². The van der Waals surface area contributed by atoms with Crippen LogP contribution in [0.5, 0.6) is 5.75 Å². The number of hydrogen-bond acceptors (Lipinski definition) is 4. The highest BCUT2D eigenvalue weighted by Gasteiger charge is 2.22. The monoisotopic (exact) mass is 347 g/mol. The third-order valence-corrected chi connectivity index (χ3v) is 4.58. The molecule has 25 heavy (non-hydrogen) atoms. The summed E-state index contributed by atoms with van der Waals surface area (Å²) in [5, 5.41) is 7.08. The number of halogens is 1. The highest BCUT2D eigenvalue weighted by Crippen LogP contribution is 2.28. The van der Waals surface area contributed by atoms with Gasteiger partial charge in [0.2, 0.25) is 0 Å². The van der Waals surface area contributed by atoms with E-state index >= 15 is 0 Å². The molecule has 0 amide bonds. The van der Waals surface area contributed by atoms with Gasteiger partial charge in [-0.2, -0.15) is 5.10 Å². The van der Waals surface area contributed by atoms with E-state index in [1.165, 1.54) is 13.2 Å². The van der Waals surface area contributed by atoms with Gasteiger partial charge in [0, 0.05) is 36.9 Å². The summed E-state index contributed by atoms with van der Waals surface area (Å²) in [6, 6.07) is 4.89. The summed E-state index contributed by atoms with van der Waals surface area (Å²) in [6.45, 7) is 5.62. The number of nitrogens with one attached hydrogen (secondary N) is 1. The summed E-state index contributed by atoms with van der Waals surface area (Å²) in [7, 11) is 1.53. The Morgan fingerprint density at radius 2 is 2.28 bits per heavy atom. The van der Waals surface area contributed by atoms with E-state index in [4.69, 9.17) is 9.47 Å². The molecule has 6 heteroatoms. The Balaban J connectivity index is 1.71. The summed E-state index contributed by atoms with van der Waals surface area (Å²) < 4.78 is 25.4. The number of methoxy groups -OCH3 is 1. The SMILES string of the molecule is CCCOC1CCCN(Cc2cn[nH]c2-c2ccc(OC)cc2F)C1. The maximum absolute atomic E-state index is 14.4. The fraction of sp³-hybridized carbons (Fsp3) is 0.526. The van der Waals surface area contributed by atoms with Crippen molar-refractivity contribution in [1.82, 2.24) is 15.1 Å². The van der Waals surface area contributed by atoms with Gasteiger partial charge in [-0.05, 0) is 37.9 Å². The van der Waals surface area contributed by atoms with Crippen molar-refractivity contribution < 1.29 is 13.9 Å². The summed E-state index contributed by atoms with van der Waals surface area (Å²) in [4.78, 5) is 2.36. The molecule has 2 heterocycles. The van der Waals surface area contributed by atoms with Gasteiger partial charge in [0.15, 0.2) is 0 Å². The lowest BCUT2D eigenvalue weighted by molar-refractivity contribution is -0.00219. The molecule has 1 aliphatic rings. The molecule has 1 aromatic heterocycles. The van der Waals surface area contributed by atoms with Gasteiger partial charge in [-0.15, -0.1) is 0 Å².